The predicted octanol–water partition coefficient (Wildman–Crippen LogP) is 2.60. The second-order valence-electron chi connectivity index (χ2n) is 4.25. The van der Waals surface area contributed by atoms with Gasteiger partial charge in [-0.2, -0.15) is 0 Å². The summed E-state index contributed by atoms with van der Waals surface area (Å²) in [5.41, 5.74) is 2.62. The Labute approximate surface area is 115 Å². The standard InChI is InChI=1S/C16H10O4/c17-7-11-1-12(8-18)4-15(3-11)16-5-13(9-19)2-14(6-16)10-20/h1-10H. The lowest BCUT2D eigenvalue weighted by atomic mass is 9.97. The van der Waals surface area contributed by atoms with Crippen molar-refractivity contribution in [1.82, 2.24) is 0 Å². The van der Waals surface area contributed by atoms with E-state index >= 15 is 0 Å². The number of rotatable bonds is 5. The highest BCUT2D eigenvalue weighted by Gasteiger charge is 2.06. The summed E-state index contributed by atoms with van der Waals surface area (Å²) >= 11 is 0. The molecular weight excluding hydrogens is 256 g/mol. The van der Waals surface area contributed by atoms with Crippen molar-refractivity contribution in [2.45, 2.75) is 0 Å². The molecule has 98 valence electrons. The maximum atomic E-state index is 10.9. The Morgan fingerprint density at radius 1 is 0.450 bits per heavy atom. The second-order valence-corrected chi connectivity index (χ2v) is 4.25. The van der Waals surface area contributed by atoms with Gasteiger partial charge in [0.1, 0.15) is 25.1 Å². The number of aldehydes is 4. The Morgan fingerprint density at radius 2 is 0.700 bits per heavy atom. The van der Waals surface area contributed by atoms with E-state index in [4.69, 9.17) is 0 Å². The summed E-state index contributed by atoms with van der Waals surface area (Å²) in [6.07, 6.45) is 2.56. The van der Waals surface area contributed by atoms with Crippen LogP contribution in [0.1, 0.15) is 41.4 Å². The van der Waals surface area contributed by atoms with Gasteiger partial charge in [-0.25, -0.2) is 0 Å². The molecule has 0 heterocycles. The van der Waals surface area contributed by atoms with Gasteiger partial charge in [0.05, 0.1) is 0 Å². The highest BCUT2D eigenvalue weighted by atomic mass is 16.1. The maximum Gasteiger partial charge on any atom is 0.150 e. The maximum absolute atomic E-state index is 10.9. The molecule has 0 N–H and O–H groups in total. The fraction of sp³-hybridized carbons (Fsp3) is 0. The van der Waals surface area contributed by atoms with Crippen LogP contribution in [0, 0.1) is 0 Å². The van der Waals surface area contributed by atoms with Crippen LogP contribution < -0.4 is 0 Å². The first kappa shape index (κ1) is 13.5. The van der Waals surface area contributed by atoms with Crippen molar-refractivity contribution in [2.75, 3.05) is 0 Å². The molecule has 0 saturated heterocycles. The van der Waals surface area contributed by atoms with Gasteiger partial charge in [0.2, 0.25) is 0 Å². The van der Waals surface area contributed by atoms with Crippen molar-refractivity contribution in [3.8, 4) is 11.1 Å². The van der Waals surface area contributed by atoms with Gasteiger partial charge in [-0.05, 0) is 47.5 Å². The van der Waals surface area contributed by atoms with Crippen molar-refractivity contribution in [3.63, 3.8) is 0 Å². The number of carbonyl (C=O) groups is 4. The molecule has 0 aliphatic rings. The molecule has 0 aliphatic heterocycles. The normalized spacial score (nSPS) is 9.80. The van der Waals surface area contributed by atoms with Gasteiger partial charge in [0.25, 0.3) is 0 Å². The average molecular weight is 266 g/mol. The van der Waals surface area contributed by atoms with Crippen LogP contribution >= 0.6 is 0 Å². The molecule has 0 fully saturated rings. The Bertz CT molecular complexity index is 588. The number of benzene rings is 2. The summed E-state index contributed by atoms with van der Waals surface area (Å²) < 4.78 is 0. The summed E-state index contributed by atoms with van der Waals surface area (Å²) in [5, 5.41) is 0. The summed E-state index contributed by atoms with van der Waals surface area (Å²) in [7, 11) is 0. The number of hydrogen-bond donors (Lipinski definition) is 0. The van der Waals surface area contributed by atoms with E-state index in [-0.39, 0.29) is 0 Å². The van der Waals surface area contributed by atoms with Crippen molar-refractivity contribution in [3.05, 3.63) is 58.7 Å². The summed E-state index contributed by atoms with van der Waals surface area (Å²) in [6.45, 7) is 0. The largest absolute Gasteiger partial charge is 0.298 e. The van der Waals surface area contributed by atoms with E-state index in [9.17, 15) is 19.2 Å². The van der Waals surface area contributed by atoms with E-state index in [1.165, 1.54) is 12.1 Å². The van der Waals surface area contributed by atoms with E-state index in [0.29, 0.717) is 58.5 Å². The molecule has 2 rings (SSSR count). The fourth-order valence-corrected chi connectivity index (χ4v) is 1.96. The van der Waals surface area contributed by atoms with E-state index in [0.717, 1.165) is 0 Å². The van der Waals surface area contributed by atoms with E-state index in [2.05, 4.69) is 0 Å². The highest BCUT2D eigenvalue weighted by molar-refractivity contribution is 5.89. The van der Waals surface area contributed by atoms with Gasteiger partial charge >= 0.3 is 0 Å². The third-order valence-corrected chi connectivity index (χ3v) is 2.83. The minimum atomic E-state index is 0.355. The smallest absolute Gasteiger partial charge is 0.150 e. The first-order valence-corrected chi connectivity index (χ1v) is 5.81. The molecule has 0 unspecified atom stereocenters. The Hall–Kier alpha value is -2.88. The zero-order chi connectivity index (χ0) is 14.5. The van der Waals surface area contributed by atoms with E-state index in [1.54, 1.807) is 24.3 Å². The Kier molecular flexibility index (Phi) is 3.96. The van der Waals surface area contributed by atoms with Crippen LogP contribution in [0.2, 0.25) is 0 Å². The molecule has 0 aromatic heterocycles. The lowest BCUT2D eigenvalue weighted by Crippen LogP contribution is -1.92. The van der Waals surface area contributed by atoms with Gasteiger partial charge in [0, 0.05) is 22.3 Å². The Morgan fingerprint density at radius 3 is 0.900 bits per heavy atom. The SMILES string of the molecule is O=Cc1cc(C=O)cc(-c2cc(C=O)cc(C=O)c2)c1. The van der Waals surface area contributed by atoms with Gasteiger partial charge < -0.3 is 0 Å². The average Bonchev–Trinajstić information content (AvgIpc) is 2.53. The van der Waals surface area contributed by atoms with Gasteiger partial charge in [-0.1, -0.05) is 0 Å². The quantitative estimate of drug-likeness (QED) is 0.780. The van der Waals surface area contributed by atoms with Crippen molar-refractivity contribution >= 4 is 25.1 Å². The van der Waals surface area contributed by atoms with Gasteiger partial charge in [-0.15, -0.1) is 0 Å². The molecule has 2 aromatic carbocycles. The molecule has 0 bridgehead atoms. The number of hydrogen-bond acceptors (Lipinski definition) is 4. The van der Waals surface area contributed by atoms with Crippen molar-refractivity contribution in [1.29, 1.82) is 0 Å². The van der Waals surface area contributed by atoms with Crippen molar-refractivity contribution in [2.24, 2.45) is 0 Å². The lowest BCUT2D eigenvalue weighted by Gasteiger charge is -2.06. The minimum Gasteiger partial charge on any atom is -0.298 e. The summed E-state index contributed by atoms with van der Waals surface area (Å²) in [5.74, 6) is 0. The monoisotopic (exact) mass is 266 g/mol. The molecule has 0 amide bonds. The molecule has 20 heavy (non-hydrogen) atoms. The van der Waals surface area contributed by atoms with Crippen LogP contribution in [0.25, 0.3) is 11.1 Å². The van der Waals surface area contributed by atoms with Crippen LogP contribution in [0.15, 0.2) is 36.4 Å². The highest BCUT2D eigenvalue weighted by Crippen LogP contribution is 2.23. The third kappa shape index (κ3) is 2.75. The minimum absolute atomic E-state index is 0.355. The van der Waals surface area contributed by atoms with Gasteiger partial charge in [0.15, 0.2) is 0 Å². The topological polar surface area (TPSA) is 68.3 Å². The van der Waals surface area contributed by atoms with Gasteiger partial charge in [-0.3, -0.25) is 19.2 Å². The molecular formula is C16H10O4. The fourth-order valence-electron chi connectivity index (χ4n) is 1.96. The van der Waals surface area contributed by atoms with Crippen LogP contribution in [0.5, 0.6) is 0 Å². The molecule has 2 aromatic rings. The first-order chi connectivity index (χ1) is 9.69. The zero-order valence-corrected chi connectivity index (χ0v) is 10.4. The summed E-state index contributed by atoms with van der Waals surface area (Å²) in [4.78, 5) is 43.5. The molecule has 0 spiro atoms. The first-order valence-electron chi connectivity index (χ1n) is 5.81. The van der Waals surface area contributed by atoms with Crippen molar-refractivity contribution < 1.29 is 19.2 Å². The number of carbonyl (C=O) groups excluding carboxylic acids is 4. The molecule has 0 radical (unpaired) electrons. The Balaban J connectivity index is 2.66. The van der Waals surface area contributed by atoms with E-state index in [1.807, 2.05) is 0 Å². The van der Waals surface area contributed by atoms with Crippen LogP contribution in [0.3, 0.4) is 0 Å². The molecule has 0 atom stereocenters. The predicted molar refractivity (Wildman–Crippen MR) is 73.4 cm³/mol. The zero-order valence-electron chi connectivity index (χ0n) is 10.4. The van der Waals surface area contributed by atoms with Crippen LogP contribution in [-0.2, 0) is 0 Å². The molecule has 0 aliphatic carbocycles. The molecule has 4 heteroatoms. The molecule has 4 nitrogen and oxygen atoms in total. The molecule has 0 saturated carbocycles. The summed E-state index contributed by atoms with van der Waals surface area (Å²) in [6, 6.07) is 9.31. The van der Waals surface area contributed by atoms with E-state index < -0.39 is 0 Å². The third-order valence-electron chi connectivity index (χ3n) is 2.83. The lowest BCUT2D eigenvalue weighted by molar-refractivity contribution is 0.110. The van der Waals surface area contributed by atoms with Crippen LogP contribution in [-0.4, -0.2) is 25.1 Å². The second kappa shape index (κ2) is 5.84. The van der Waals surface area contributed by atoms with Crippen LogP contribution in [0.4, 0.5) is 0 Å².